The number of imidazole rings is 1. The van der Waals surface area contributed by atoms with Crippen LogP contribution in [0.5, 0.6) is 0 Å². The van der Waals surface area contributed by atoms with Crippen molar-refractivity contribution in [3.05, 3.63) is 75.8 Å². The molecule has 0 radical (unpaired) electrons. The molecule has 0 fully saturated rings. The fourth-order valence-electron chi connectivity index (χ4n) is 3.32. The lowest BCUT2D eigenvalue weighted by atomic mass is 10.00. The maximum Gasteiger partial charge on any atom is 0.417 e. The number of pyridine rings is 1. The third kappa shape index (κ3) is 2.79. The van der Waals surface area contributed by atoms with E-state index in [4.69, 9.17) is 11.6 Å². The molecule has 0 saturated carbocycles. The van der Waals surface area contributed by atoms with Gasteiger partial charge in [-0.3, -0.25) is 14.5 Å². The number of hydrogen-bond donors (Lipinski definition) is 0. The summed E-state index contributed by atoms with van der Waals surface area (Å²) in [6.07, 6.45) is -1.73. The van der Waals surface area contributed by atoms with E-state index in [0.717, 1.165) is 6.07 Å². The fourth-order valence-corrected chi connectivity index (χ4v) is 3.67. The minimum absolute atomic E-state index is 0.0270. The second-order valence-electron chi connectivity index (χ2n) is 6.40. The molecule has 3 aromatic rings. The maximum atomic E-state index is 14.5. The number of nitrogens with zero attached hydrogens (tertiary/aromatic N) is 4. The molecule has 144 valence electrons. The monoisotopic (exact) mass is 408 g/mol. The second-order valence-corrected chi connectivity index (χ2v) is 6.78. The first kappa shape index (κ1) is 18.6. The Morgan fingerprint density at radius 2 is 1.89 bits per heavy atom. The Hall–Kier alpha value is -2.74. The van der Waals surface area contributed by atoms with Crippen molar-refractivity contribution in [1.82, 2.24) is 14.5 Å². The molecule has 0 unspecified atom stereocenters. The van der Waals surface area contributed by atoms with E-state index < -0.39 is 28.6 Å². The molecule has 1 aliphatic heterocycles. The SMILES string of the molecule is Cc1cnc2n1-c1ccc(C(F)(F)F)c(Cl)c1C(c1ncccc1F)=N[C@H]2C. The Labute approximate surface area is 162 Å². The molecule has 0 bridgehead atoms. The van der Waals surface area contributed by atoms with E-state index in [1.807, 2.05) is 0 Å². The number of fused-ring (bicyclic) bond motifs is 3. The van der Waals surface area contributed by atoms with Gasteiger partial charge < -0.3 is 0 Å². The average Bonchev–Trinajstić information content (AvgIpc) is 2.94. The standard InChI is InChI=1S/C19H13ClF4N4/c1-9-8-26-18-10(2)27-17(16-12(21)4-3-7-25-16)14-13(28(9)18)6-5-11(15(14)20)19(22,23)24/h3-8,10H,1-2H3/t10-/m0/s1. The van der Waals surface area contributed by atoms with Gasteiger partial charge in [-0.15, -0.1) is 0 Å². The Kier molecular flexibility index (Phi) is 4.26. The summed E-state index contributed by atoms with van der Waals surface area (Å²) >= 11 is 6.23. The van der Waals surface area contributed by atoms with E-state index in [9.17, 15) is 17.6 Å². The Balaban J connectivity index is 2.13. The fraction of sp³-hybridized carbons (Fsp3) is 0.211. The Bertz CT molecular complexity index is 1120. The number of rotatable bonds is 1. The van der Waals surface area contributed by atoms with Crippen LogP contribution in [0.25, 0.3) is 5.69 Å². The summed E-state index contributed by atoms with van der Waals surface area (Å²) < 4.78 is 56.6. The first-order valence-corrected chi connectivity index (χ1v) is 8.71. The quantitative estimate of drug-likeness (QED) is 0.513. The van der Waals surface area contributed by atoms with Crippen LogP contribution in [0.3, 0.4) is 0 Å². The van der Waals surface area contributed by atoms with Crippen LogP contribution in [0, 0.1) is 12.7 Å². The van der Waals surface area contributed by atoms with Crippen LogP contribution in [-0.4, -0.2) is 20.2 Å². The van der Waals surface area contributed by atoms with E-state index in [2.05, 4.69) is 15.0 Å². The summed E-state index contributed by atoms with van der Waals surface area (Å²) in [6, 6.07) is 4.22. The minimum atomic E-state index is -4.68. The van der Waals surface area contributed by atoms with E-state index in [1.165, 1.54) is 24.4 Å². The molecule has 9 heteroatoms. The molecule has 1 atom stereocenters. The van der Waals surface area contributed by atoms with Crippen molar-refractivity contribution in [2.75, 3.05) is 0 Å². The van der Waals surface area contributed by atoms with Crippen LogP contribution < -0.4 is 0 Å². The average molecular weight is 409 g/mol. The molecule has 0 saturated heterocycles. The largest absolute Gasteiger partial charge is 0.417 e. The van der Waals surface area contributed by atoms with Crippen molar-refractivity contribution >= 4 is 17.3 Å². The summed E-state index contributed by atoms with van der Waals surface area (Å²) in [5, 5.41) is -0.554. The summed E-state index contributed by atoms with van der Waals surface area (Å²) in [7, 11) is 0. The van der Waals surface area contributed by atoms with Gasteiger partial charge in [0.2, 0.25) is 0 Å². The van der Waals surface area contributed by atoms with Crippen LogP contribution in [0.4, 0.5) is 17.6 Å². The molecular weight excluding hydrogens is 396 g/mol. The van der Waals surface area contributed by atoms with Crippen molar-refractivity contribution in [3.63, 3.8) is 0 Å². The lowest BCUT2D eigenvalue weighted by Gasteiger charge is -2.18. The van der Waals surface area contributed by atoms with Crippen LogP contribution in [0.15, 0.2) is 41.7 Å². The van der Waals surface area contributed by atoms with Crippen LogP contribution in [0.2, 0.25) is 5.02 Å². The molecule has 1 aromatic carbocycles. The lowest BCUT2D eigenvalue weighted by Crippen LogP contribution is -2.16. The molecule has 28 heavy (non-hydrogen) atoms. The molecular formula is C19H13ClF4N4. The van der Waals surface area contributed by atoms with Crippen LogP contribution >= 0.6 is 11.6 Å². The smallest absolute Gasteiger partial charge is 0.298 e. The molecule has 2 aromatic heterocycles. The number of alkyl halides is 3. The zero-order valence-corrected chi connectivity index (χ0v) is 15.5. The van der Waals surface area contributed by atoms with Gasteiger partial charge in [-0.05, 0) is 38.1 Å². The highest BCUT2D eigenvalue weighted by molar-refractivity contribution is 6.37. The third-order valence-electron chi connectivity index (χ3n) is 4.55. The first-order chi connectivity index (χ1) is 13.2. The van der Waals surface area contributed by atoms with Crippen LogP contribution in [0.1, 0.15) is 41.3 Å². The maximum absolute atomic E-state index is 14.5. The third-order valence-corrected chi connectivity index (χ3v) is 4.94. The molecule has 3 heterocycles. The summed E-state index contributed by atoms with van der Waals surface area (Å²) in [5.41, 5.74) is -0.221. The molecule has 0 spiro atoms. The van der Waals surface area contributed by atoms with Crippen molar-refractivity contribution in [1.29, 1.82) is 0 Å². The van der Waals surface area contributed by atoms with E-state index in [-0.39, 0.29) is 17.0 Å². The summed E-state index contributed by atoms with van der Waals surface area (Å²) in [6.45, 7) is 3.49. The van der Waals surface area contributed by atoms with Gasteiger partial charge in [0.05, 0.1) is 22.0 Å². The molecule has 4 nitrogen and oxygen atoms in total. The highest BCUT2D eigenvalue weighted by Gasteiger charge is 2.37. The van der Waals surface area contributed by atoms with Crippen molar-refractivity contribution in [3.8, 4) is 5.69 Å². The van der Waals surface area contributed by atoms with Gasteiger partial charge in [-0.2, -0.15) is 13.2 Å². The Morgan fingerprint density at radius 1 is 1.14 bits per heavy atom. The summed E-state index contributed by atoms with van der Waals surface area (Å²) in [4.78, 5) is 12.8. The van der Waals surface area contributed by atoms with Crippen molar-refractivity contribution < 1.29 is 17.6 Å². The molecule has 4 rings (SSSR count). The molecule has 0 aliphatic carbocycles. The minimum Gasteiger partial charge on any atom is -0.298 e. The molecule has 0 N–H and O–H groups in total. The predicted octanol–water partition coefficient (Wildman–Crippen LogP) is 5.30. The van der Waals surface area contributed by atoms with Gasteiger partial charge in [0.25, 0.3) is 0 Å². The van der Waals surface area contributed by atoms with E-state index in [1.54, 1.807) is 24.6 Å². The van der Waals surface area contributed by atoms with E-state index in [0.29, 0.717) is 17.2 Å². The number of benzene rings is 1. The zero-order valence-electron chi connectivity index (χ0n) is 14.7. The topological polar surface area (TPSA) is 43.1 Å². The highest BCUT2D eigenvalue weighted by atomic mass is 35.5. The van der Waals surface area contributed by atoms with Gasteiger partial charge in [0.1, 0.15) is 17.6 Å². The van der Waals surface area contributed by atoms with Gasteiger partial charge in [-0.25, -0.2) is 9.37 Å². The van der Waals surface area contributed by atoms with Gasteiger partial charge in [0.15, 0.2) is 5.82 Å². The number of aromatic nitrogens is 3. The van der Waals surface area contributed by atoms with Gasteiger partial charge in [0, 0.05) is 23.7 Å². The Morgan fingerprint density at radius 3 is 2.57 bits per heavy atom. The number of aliphatic imine (C=N–C) groups is 1. The van der Waals surface area contributed by atoms with Gasteiger partial charge in [-0.1, -0.05) is 11.6 Å². The molecule has 0 amide bonds. The van der Waals surface area contributed by atoms with Crippen LogP contribution in [-0.2, 0) is 6.18 Å². The number of aryl methyl sites for hydroxylation is 1. The predicted molar refractivity (Wildman–Crippen MR) is 96.6 cm³/mol. The van der Waals surface area contributed by atoms with Crippen molar-refractivity contribution in [2.24, 2.45) is 4.99 Å². The lowest BCUT2D eigenvalue weighted by molar-refractivity contribution is -0.137. The normalized spacial score (nSPS) is 16.2. The molecule has 1 aliphatic rings. The van der Waals surface area contributed by atoms with Gasteiger partial charge >= 0.3 is 6.18 Å². The van der Waals surface area contributed by atoms with E-state index >= 15 is 0 Å². The van der Waals surface area contributed by atoms with Crippen molar-refractivity contribution in [2.45, 2.75) is 26.1 Å². The number of hydrogen-bond acceptors (Lipinski definition) is 3. The first-order valence-electron chi connectivity index (χ1n) is 8.33. The number of halogens is 5. The second kappa shape index (κ2) is 6.41. The zero-order chi connectivity index (χ0) is 20.2. The highest BCUT2D eigenvalue weighted by Crippen LogP contribution is 2.41. The summed E-state index contributed by atoms with van der Waals surface area (Å²) in [5.74, 6) is -0.190.